The van der Waals surface area contributed by atoms with Crippen molar-refractivity contribution in [2.45, 2.75) is 12.6 Å². The van der Waals surface area contributed by atoms with Crippen LogP contribution >= 0.6 is 0 Å². The maximum atomic E-state index is 11.1. The van der Waals surface area contributed by atoms with Crippen molar-refractivity contribution in [1.29, 1.82) is 0 Å². The van der Waals surface area contributed by atoms with Crippen molar-refractivity contribution >= 4 is 11.6 Å². The van der Waals surface area contributed by atoms with Crippen LogP contribution in [0, 0.1) is 0 Å². The van der Waals surface area contributed by atoms with Crippen LogP contribution in [0.25, 0.3) is 0 Å². The minimum Gasteiger partial charge on any atom is -0.398 e. The minimum atomic E-state index is -0.488. The van der Waals surface area contributed by atoms with Gasteiger partial charge in [-0.05, 0) is 17.7 Å². The van der Waals surface area contributed by atoms with Crippen LogP contribution in [0.5, 0.6) is 0 Å². The molecule has 2 rings (SSSR count). The van der Waals surface area contributed by atoms with Crippen LogP contribution in [0.2, 0.25) is 0 Å². The fourth-order valence-corrected chi connectivity index (χ4v) is 2.18. The summed E-state index contributed by atoms with van der Waals surface area (Å²) in [5.74, 6) is -0.488. The Morgan fingerprint density at radius 1 is 1.53 bits per heavy atom. The Balaban J connectivity index is 2.11. The third-order valence-electron chi connectivity index (χ3n) is 3.36. The maximum Gasteiger partial charge on any atom is 0.248 e. The summed E-state index contributed by atoms with van der Waals surface area (Å²) in [5, 5.41) is 9.31. The van der Waals surface area contributed by atoms with Crippen LogP contribution in [0.3, 0.4) is 0 Å². The summed E-state index contributed by atoms with van der Waals surface area (Å²) in [4.78, 5) is 13.2. The van der Waals surface area contributed by atoms with Crippen molar-refractivity contribution in [3.05, 3.63) is 29.3 Å². The molecule has 0 spiro atoms. The number of anilines is 1. The number of primary amides is 1. The second-order valence-corrected chi connectivity index (χ2v) is 4.66. The van der Waals surface area contributed by atoms with Gasteiger partial charge < -0.3 is 21.3 Å². The predicted octanol–water partition coefficient (Wildman–Crippen LogP) is -0.439. The molecule has 1 heterocycles. The van der Waals surface area contributed by atoms with Crippen LogP contribution in [-0.4, -0.2) is 48.3 Å². The first-order valence-corrected chi connectivity index (χ1v) is 6.22. The average molecular weight is 265 g/mol. The lowest BCUT2D eigenvalue weighted by molar-refractivity contribution is -0.0311. The maximum absolute atomic E-state index is 11.1. The van der Waals surface area contributed by atoms with Crippen molar-refractivity contribution in [1.82, 2.24) is 4.90 Å². The van der Waals surface area contributed by atoms with Crippen LogP contribution in [0.1, 0.15) is 15.9 Å². The summed E-state index contributed by atoms with van der Waals surface area (Å²) in [6, 6.07) is 5.05. The zero-order valence-electron chi connectivity index (χ0n) is 10.7. The van der Waals surface area contributed by atoms with E-state index in [2.05, 4.69) is 4.90 Å². The van der Waals surface area contributed by atoms with Gasteiger partial charge in [0.15, 0.2) is 0 Å². The quantitative estimate of drug-likeness (QED) is 0.641. The highest BCUT2D eigenvalue weighted by molar-refractivity contribution is 5.93. The van der Waals surface area contributed by atoms with Gasteiger partial charge in [0.1, 0.15) is 0 Å². The van der Waals surface area contributed by atoms with Gasteiger partial charge in [-0.25, -0.2) is 0 Å². The number of hydrogen-bond donors (Lipinski definition) is 3. The summed E-state index contributed by atoms with van der Waals surface area (Å²) in [7, 11) is 0. The number of benzene rings is 1. The zero-order chi connectivity index (χ0) is 13.8. The monoisotopic (exact) mass is 265 g/mol. The number of aliphatic hydroxyl groups is 1. The molecule has 1 aliphatic heterocycles. The normalized spacial score (nSPS) is 20.4. The topological polar surface area (TPSA) is 102 Å². The van der Waals surface area contributed by atoms with Gasteiger partial charge in [-0.2, -0.15) is 0 Å². The van der Waals surface area contributed by atoms with E-state index in [0.29, 0.717) is 31.0 Å². The molecule has 6 nitrogen and oxygen atoms in total. The molecule has 0 radical (unpaired) electrons. The Morgan fingerprint density at radius 2 is 2.32 bits per heavy atom. The molecule has 1 amide bonds. The lowest BCUT2D eigenvalue weighted by atomic mass is 10.1. The number of nitrogens with zero attached hydrogens (tertiary/aromatic N) is 1. The molecule has 0 aliphatic carbocycles. The molecule has 19 heavy (non-hydrogen) atoms. The number of nitrogens with two attached hydrogens (primary N) is 2. The van der Waals surface area contributed by atoms with E-state index >= 15 is 0 Å². The van der Waals surface area contributed by atoms with Crippen molar-refractivity contribution < 1.29 is 14.6 Å². The largest absolute Gasteiger partial charge is 0.398 e. The predicted molar refractivity (Wildman–Crippen MR) is 71.5 cm³/mol. The van der Waals surface area contributed by atoms with Gasteiger partial charge in [0.25, 0.3) is 0 Å². The van der Waals surface area contributed by atoms with Crippen LogP contribution < -0.4 is 11.5 Å². The molecule has 1 atom stereocenters. The lowest BCUT2D eigenvalue weighted by Gasteiger charge is -2.34. The first-order valence-electron chi connectivity index (χ1n) is 6.22. The number of ether oxygens (including phenoxy) is 1. The Kier molecular flexibility index (Phi) is 4.36. The van der Waals surface area contributed by atoms with Gasteiger partial charge in [-0.1, -0.05) is 6.07 Å². The number of hydrogen-bond acceptors (Lipinski definition) is 5. The molecule has 1 unspecified atom stereocenters. The molecule has 1 fully saturated rings. The van der Waals surface area contributed by atoms with E-state index in [1.165, 1.54) is 0 Å². The van der Waals surface area contributed by atoms with Crippen LogP contribution in [0.4, 0.5) is 5.69 Å². The molecule has 1 saturated heterocycles. The molecule has 5 N–H and O–H groups in total. The van der Waals surface area contributed by atoms with E-state index in [1.807, 2.05) is 0 Å². The van der Waals surface area contributed by atoms with Crippen molar-refractivity contribution in [3.8, 4) is 0 Å². The van der Waals surface area contributed by atoms with E-state index in [4.69, 9.17) is 16.2 Å². The highest BCUT2D eigenvalue weighted by atomic mass is 16.5. The average Bonchev–Trinajstić information content (AvgIpc) is 2.41. The zero-order valence-corrected chi connectivity index (χ0v) is 10.7. The highest BCUT2D eigenvalue weighted by Gasteiger charge is 2.22. The minimum absolute atomic E-state index is 0.0102. The van der Waals surface area contributed by atoms with Gasteiger partial charge in [-0.15, -0.1) is 0 Å². The van der Waals surface area contributed by atoms with Gasteiger partial charge >= 0.3 is 0 Å². The highest BCUT2D eigenvalue weighted by Crippen LogP contribution is 2.19. The molecular weight excluding hydrogens is 246 g/mol. The number of carbonyl (C=O) groups excluding carboxylic acids is 1. The Hall–Kier alpha value is -1.63. The Labute approximate surface area is 111 Å². The second kappa shape index (κ2) is 6.01. The molecule has 0 aromatic heterocycles. The fourth-order valence-electron chi connectivity index (χ4n) is 2.18. The summed E-state index contributed by atoms with van der Waals surface area (Å²) < 4.78 is 5.33. The third kappa shape index (κ3) is 3.23. The van der Waals surface area contributed by atoms with E-state index in [1.54, 1.807) is 18.2 Å². The number of morpholine rings is 1. The van der Waals surface area contributed by atoms with E-state index in [9.17, 15) is 9.90 Å². The summed E-state index contributed by atoms with van der Waals surface area (Å²) in [5.41, 5.74) is 13.0. The van der Waals surface area contributed by atoms with Crippen molar-refractivity contribution in [2.75, 3.05) is 32.1 Å². The molecular formula is C13H19N3O3. The third-order valence-corrected chi connectivity index (χ3v) is 3.36. The molecule has 0 bridgehead atoms. The molecule has 1 aromatic rings. The smallest absolute Gasteiger partial charge is 0.248 e. The molecule has 1 aliphatic rings. The van der Waals surface area contributed by atoms with Crippen LogP contribution in [0.15, 0.2) is 18.2 Å². The molecule has 0 saturated carbocycles. The van der Waals surface area contributed by atoms with Crippen molar-refractivity contribution in [3.63, 3.8) is 0 Å². The summed E-state index contributed by atoms with van der Waals surface area (Å²) in [6.07, 6.45) is 0. The van der Waals surface area contributed by atoms with Gasteiger partial charge in [0, 0.05) is 24.3 Å². The lowest BCUT2D eigenvalue weighted by Crippen LogP contribution is -2.46. The van der Waals surface area contributed by atoms with E-state index in [0.717, 1.165) is 12.1 Å². The van der Waals surface area contributed by atoms with Gasteiger partial charge in [-0.3, -0.25) is 9.69 Å². The number of carbonyl (C=O) groups is 1. The Bertz CT molecular complexity index is 464. The Morgan fingerprint density at radius 3 is 2.95 bits per heavy atom. The van der Waals surface area contributed by atoms with E-state index < -0.39 is 5.91 Å². The number of amides is 1. The first kappa shape index (κ1) is 13.8. The van der Waals surface area contributed by atoms with Crippen LogP contribution in [-0.2, 0) is 11.3 Å². The number of aliphatic hydroxyl groups excluding tert-OH is 1. The molecule has 6 heteroatoms. The first-order chi connectivity index (χ1) is 9.11. The van der Waals surface area contributed by atoms with E-state index in [-0.39, 0.29) is 12.6 Å². The SMILES string of the molecule is NC(=O)c1ccc(CN2CCOCC2CO)c(N)c1. The molecule has 104 valence electrons. The summed E-state index contributed by atoms with van der Waals surface area (Å²) >= 11 is 0. The standard InChI is InChI=1S/C13H19N3O3/c14-12-5-9(13(15)18)1-2-10(12)6-16-3-4-19-8-11(16)7-17/h1-2,5,11,17H,3-4,6-8,14H2,(H2,15,18). The summed E-state index contributed by atoms with van der Waals surface area (Å²) in [6.45, 7) is 2.60. The fraction of sp³-hybridized carbons (Fsp3) is 0.462. The molecule has 1 aromatic carbocycles. The van der Waals surface area contributed by atoms with Gasteiger partial charge in [0.2, 0.25) is 5.91 Å². The van der Waals surface area contributed by atoms with Gasteiger partial charge in [0.05, 0.1) is 25.9 Å². The number of nitrogen functional groups attached to an aromatic ring is 1. The van der Waals surface area contributed by atoms with Crippen molar-refractivity contribution in [2.24, 2.45) is 5.73 Å². The second-order valence-electron chi connectivity index (χ2n) is 4.66. The number of rotatable bonds is 4.